The molecule has 1 N–H and O–H groups in total. The first-order valence-electron chi connectivity index (χ1n) is 7.25. The molecule has 2 aliphatic heterocycles. The van der Waals surface area contributed by atoms with E-state index in [0.717, 1.165) is 19.5 Å². The number of carbonyl (C=O) groups is 1. The number of likely N-dealkylation sites (tertiary alicyclic amines) is 1. The maximum atomic E-state index is 12.2. The van der Waals surface area contributed by atoms with Crippen molar-refractivity contribution in [2.45, 2.75) is 31.3 Å². The van der Waals surface area contributed by atoms with E-state index in [1.165, 1.54) is 6.42 Å². The quantitative estimate of drug-likeness (QED) is 0.745. The van der Waals surface area contributed by atoms with Crippen molar-refractivity contribution in [2.24, 2.45) is 0 Å². The van der Waals surface area contributed by atoms with Gasteiger partial charge in [0.15, 0.2) is 9.84 Å². The molecule has 0 radical (unpaired) electrons. The number of hydrogen-bond acceptors (Lipinski definition) is 5. The van der Waals surface area contributed by atoms with E-state index in [9.17, 15) is 13.2 Å². The maximum Gasteiger partial charge on any atom is 0.223 e. The second-order valence-corrected chi connectivity index (χ2v) is 8.25. The summed E-state index contributed by atoms with van der Waals surface area (Å²) in [5.41, 5.74) is 0. The number of carbonyl (C=O) groups excluding carboxylic acids is 1. The standard InChI is InChI=1S/C13H25N3O3S/c1-15-6-3-4-12(15)9-16(2)13(17)8-11-10-20(18,19)7-5-14-11/h11-12,14H,3-10H2,1-2H3. The first-order chi connectivity index (χ1) is 9.37. The van der Waals surface area contributed by atoms with Crippen LogP contribution in [0.15, 0.2) is 0 Å². The Bertz CT molecular complexity index is 452. The van der Waals surface area contributed by atoms with Crippen molar-refractivity contribution in [3.8, 4) is 0 Å². The molecule has 2 rings (SSSR count). The van der Waals surface area contributed by atoms with Crippen molar-refractivity contribution < 1.29 is 13.2 Å². The normalized spacial score (nSPS) is 30.3. The molecular formula is C13H25N3O3S. The van der Waals surface area contributed by atoms with Crippen LogP contribution in [0.1, 0.15) is 19.3 Å². The number of rotatable bonds is 4. The van der Waals surface area contributed by atoms with E-state index in [1.54, 1.807) is 4.90 Å². The summed E-state index contributed by atoms with van der Waals surface area (Å²) in [4.78, 5) is 16.2. The SMILES string of the molecule is CN(CC1CCCN1C)C(=O)CC1CS(=O)(=O)CCN1. The summed E-state index contributed by atoms with van der Waals surface area (Å²) >= 11 is 0. The molecule has 1 amide bonds. The Balaban J connectivity index is 1.81. The van der Waals surface area contributed by atoms with Gasteiger partial charge >= 0.3 is 0 Å². The lowest BCUT2D eigenvalue weighted by molar-refractivity contribution is -0.130. The molecule has 0 aliphatic carbocycles. The van der Waals surface area contributed by atoms with Gasteiger partial charge in [0.25, 0.3) is 0 Å². The molecule has 0 spiro atoms. The van der Waals surface area contributed by atoms with Crippen LogP contribution in [0, 0.1) is 0 Å². The second-order valence-electron chi connectivity index (χ2n) is 6.02. The zero-order valence-corrected chi connectivity index (χ0v) is 13.2. The number of hydrogen-bond donors (Lipinski definition) is 1. The third-order valence-corrected chi connectivity index (χ3v) is 6.04. The molecule has 0 aromatic heterocycles. The highest BCUT2D eigenvalue weighted by Gasteiger charge is 2.28. The summed E-state index contributed by atoms with van der Waals surface area (Å²) in [5.74, 6) is 0.288. The van der Waals surface area contributed by atoms with Crippen molar-refractivity contribution in [3.05, 3.63) is 0 Å². The van der Waals surface area contributed by atoms with Crippen molar-refractivity contribution in [1.82, 2.24) is 15.1 Å². The van der Waals surface area contributed by atoms with E-state index in [1.807, 2.05) is 7.05 Å². The van der Waals surface area contributed by atoms with Gasteiger partial charge in [-0.1, -0.05) is 0 Å². The number of amides is 1. The topological polar surface area (TPSA) is 69.7 Å². The molecule has 2 heterocycles. The minimum Gasteiger partial charge on any atom is -0.344 e. The van der Waals surface area contributed by atoms with E-state index >= 15 is 0 Å². The summed E-state index contributed by atoms with van der Waals surface area (Å²) < 4.78 is 23.1. The Labute approximate surface area is 121 Å². The van der Waals surface area contributed by atoms with E-state index < -0.39 is 9.84 Å². The van der Waals surface area contributed by atoms with Gasteiger partial charge in [0.1, 0.15) is 0 Å². The van der Waals surface area contributed by atoms with Crippen molar-refractivity contribution in [1.29, 1.82) is 0 Å². The lowest BCUT2D eigenvalue weighted by Gasteiger charge is -2.28. The maximum absolute atomic E-state index is 12.2. The Morgan fingerprint density at radius 3 is 2.80 bits per heavy atom. The third-order valence-electron chi connectivity index (χ3n) is 4.30. The number of nitrogens with zero attached hydrogens (tertiary/aromatic N) is 2. The predicted octanol–water partition coefficient (Wildman–Crippen LogP) is -0.684. The fourth-order valence-electron chi connectivity index (χ4n) is 2.99. The van der Waals surface area contributed by atoms with Crippen LogP contribution in [-0.2, 0) is 14.6 Å². The Morgan fingerprint density at radius 1 is 1.45 bits per heavy atom. The van der Waals surface area contributed by atoms with Crippen LogP contribution >= 0.6 is 0 Å². The van der Waals surface area contributed by atoms with Gasteiger partial charge in [-0.15, -0.1) is 0 Å². The third kappa shape index (κ3) is 4.17. The number of nitrogens with one attached hydrogen (secondary N) is 1. The first kappa shape index (κ1) is 15.7. The highest BCUT2D eigenvalue weighted by molar-refractivity contribution is 7.91. The second kappa shape index (κ2) is 6.41. The largest absolute Gasteiger partial charge is 0.344 e. The van der Waals surface area contributed by atoms with Crippen LogP contribution in [0.5, 0.6) is 0 Å². The Kier molecular flexibility index (Phi) is 5.04. The van der Waals surface area contributed by atoms with Crippen LogP contribution in [0.25, 0.3) is 0 Å². The molecular weight excluding hydrogens is 278 g/mol. The van der Waals surface area contributed by atoms with Crippen molar-refractivity contribution in [3.63, 3.8) is 0 Å². The predicted molar refractivity (Wildman–Crippen MR) is 78.4 cm³/mol. The van der Waals surface area contributed by atoms with E-state index in [2.05, 4.69) is 17.3 Å². The average Bonchev–Trinajstić information content (AvgIpc) is 2.73. The van der Waals surface area contributed by atoms with Gasteiger partial charge in [0, 0.05) is 38.6 Å². The minimum absolute atomic E-state index is 0.0277. The molecule has 2 unspecified atom stereocenters. The van der Waals surface area contributed by atoms with Crippen molar-refractivity contribution >= 4 is 15.7 Å². The van der Waals surface area contributed by atoms with Crippen LogP contribution in [0.4, 0.5) is 0 Å². The van der Waals surface area contributed by atoms with Crippen LogP contribution in [0.3, 0.4) is 0 Å². The molecule has 6 nitrogen and oxygen atoms in total. The van der Waals surface area contributed by atoms with Gasteiger partial charge in [-0.3, -0.25) is 4.79 Å². The van der Waals surface area contributed by atoms with Gasteiger partial charge in [-0.05, 0) is 26.4 Å². The molecule has 0 saturated carbocycles. The van der Waals surface area contributed by atoms with Gasteiger partial charge in [0.05, 0.1) is 11.5 Å². The summed E-state index contributed by atoms with van der Waals surface area (Å²) in [6, 6.07) is 0.206. The summed E-state index contributed by atoms with van der Waals surface area (Å²) in [6.45, 7) is 2.28. The molecule has 0 bridgehead atoms. The fraction of sp³-hybridized carbons (Fsp3) is 0.923. The number of sulfone groups is 1. The molecule has 116 valence electrons. The molecule has 20 heavy (non-hydrogen) atoms. The molecule has 2 atom stereocenters. The van der Waals surface area contributed by atoms with Crippen LogP contribution in [0.2, 0.25) is 0 Å². The molecule has 7 heteroatoms. The van der Waals surface area contributed by atoms with Gasteiger partial charge in [-0.2, -0.15) is 0 Å². The number of likely N-dealkylation sites (N-methyl/N-ethyl adjacent to an activating group) is 2. The van der Waals surface area contributed by atoms with Gasteiger partial charge in [-0.25, -0.2) is 8.42 Å². The highest BCUT2D eigenvalue weighted by Crippen LogP contribution is 2.16. The smallest absolute Gasteiger partial charge is 0.223 e. The molecule has 2 fully saturated rings. The molecule has 0 aromatic carbocycles. The summed E-state index contributed by atoms with van der Waals surface area (Å²) in [7, 11) is 0.924. The molecule has 0 aromatic rings. The summed E-state index contributed by atoms with van der Waals surface area (Å²) in [6.07, 6.45) is 2.59. The zero-order valence-electron chi connectivity index (χ0n) is 12.3. The first-order valence-corrected chi connectivity index (χ1v) is 9.07. The average molecular weight is 303 g/mol. The lowest BCUT2D eigenvalue weighted by atomic mass is 10.1. The van der Waals surface area contributed by atoms with Crippen molar-refractivity contribution in [2.75, 3.05) is 45.2 Å². The monoisotopic (exact) mass is 303 g/mol. The lowest BCUT2D eigenvalue weighted by Crippen LogP contribution is -2.48. The summed E-state index contributed by atoms with van der Waals surface area (Å²) in [5, 5.41) is 3.13. The van der Waals surface area contributed by atoms with Crippen LogP contribution < -0.4 is 5.32 Å². The van der Waals surface area contributed by atoms with E-state index in [-0.39, 0.29) is 29.9 Å². The Hall–Kier alpha value is -0.660. The van der Waals surface area contributed by atoms with Crippen LogP contribution in [-0.4, -0.2) is 81.4 Å². The highest BCUT2D eigenvalue weighted by atomic mass is 32.2. The van der Waals surface area contributed by atoms with Gasteiger partial charge < -0.3 is 15.1 Å². The zero-order chi connectivity index (χ0) is 14.8. The van der Waals surface area contributed by atoms with E-state index in [4.69, 9.17) is 0 Å². The van der Waals surface area contributed by atoms with Gasteiger partial charge in [0.2, 0.25) is 5.91 Å². The molecule has 2 aliphatic rings. The Morgan fingerprint density at radius 2 is 2.20 bits per heavy atom. The minimum atomic E-state index is -2.98. The fourth-order valence-corrected chi connectivity index (χ4v) is 4.44. The molecule has 2 saturated heterocycles. The van der Waals surface area contributed by atoms with E-state index in [0.29, 0.717) is 12.6 Å².